The minimum atomic E-state index is -4.18. The van der Waals surface area contributed by atoms with Crippen molar-refractivity contribution in [3.63, 3.8) is 0 Å². The molecular formula is C19H17N3O6S. The van der Waals surface area contributed by atoms with Crippen molar-refractivity contribution in [1.29, 1.82) is 0 Å². The number of nitro benzene ring substituents is 1. The molecule has 0 aliphatic carbocycles. The van der Waals surface area contributed by atoms with E-state index in [4.69, 9.17) is 4.74 Å². The summed E-state index contributed by atoms with van der Waals surface area (Å²) in [5, 5.41) is 12.9. The van der Waals surface area contributed by atoms with Crippen molar-refractivity contribution in [3.05, 3.63) is 76.3 Å². The first kappa shape index (κ1) is 20.2. The number of carbonyl (C=O) groups is 1. The largest absolute Gasteiger partial charge is 0.484 e. The summed E-state index contributed by atoms with van der Waals surface area (Å²) in [6, 6.07) is 16.4. The van der Waals surface area contributed by atoms with Crippen LogP contribution < -0.4 is 15.0 Å². The maximum absolute atomic E-state index is 12.3. The smallest absolute Gasteiger partial charge is 0.273 e. The zero-order valence-corrected chi connectivity index (χ0v) is 16.1. The number of aryl methyl sites for hydroxylation is 1. The molecule has 10 heteroatoms. The number of rotatable bonds is 7. The number of nitro groups is 1. The first-order valence-electron chi connectivity index (χ1n) is 8.43. The van der Waals surface area contributed by atoms with Crippen LogP contribution in [0, 0.1) is 17.0 Å². The van der Waals surface area contributed by atoms with E-state index in [1.54, 1.807) is 12.1 Å². The fourth-order valence-electron chi connectivity index (χ4n) is 2.58. The lowest BCUT2D eigenvalue weighted by molar-refractivity contribution is -0.385. The summed E-state index contributed by atoms with van der Waals surface area (Å²) in [7, 11) is -4.18. The third kappa shape index (κ3) is 4.86. The summed E-state index contributed by atoms with van der Waals surface area (Å²) in [6.07, 6.45) is 0. The lowest BCUT2D eigenvalue weighted by Crippen LogP contribution is -2.43. The van der Waals surface area contributed by atoms with Crippen LogP contribution in [0.15, 0.2) is 65.6 Å². The van der Waals surface area contributed by atoms with Gasteiger partial charge in [0, 0.05) is 11.6 Å². The van der Waals surface area contributed by atoms with Crippen molar-refractivity contribution in [1.82, 2.24) is 10.3 Å². The molecule has 0 aliphatic rings. The molecule has 0 aliphatic heterocycles. The minimum Gasteiger partial charge on any atom is -0.484 e. The highest BCUT2D eigenvalue weighted by atomic mass is 32.2. The van der Waals surface area contributed by atoms with E-state index in [1.807, 2.05) is 40.6 Å². The number of ether oxygens (including phenoxy) is 1. The van der Waals surface area contributed by atoms with Crippen LogP contribution in [0.5, 0.6) is 5.75 Å². The molecule has 3 aromatic carbocycles. The number of sulfonamides is 1. The van der Waals surface area contributed by atoms with Gasteiger partial charge in [0.15, 0.2) is 6.61 Å². The summed E-state index contributed by atoms with van der Waals surface area (Å²) in [5.41, 5.74) is 2.01. The van der Waals surface area contributed by atoms with Gasteiger partial charge in [0.2, 0.25) is 0 Å². The van der Waals surface area contributed by atoms with Crippen LogP contribution in [-0.2, 0) is 14.8 Å². The van der Waals surface area contributed by atoms with E-state index in [1.165, 1.54) is 19.1 Å². The molecule has 2 N–H and O–H groups in total. The van der Waals surface area contributed by atoms with E-state index in [0.29, 0.717) is 11.3 Å². The molecule has 0 saturated heterocycles. The van der Waals surface area contributed by atoms with Crippen LogP contribution in [0.4, 0.5) is 5.69 Å². The van der Waals surface area contributed by atoms with Gasteiger partial charge in [-0.3, -0.25) is 20.3 Å². The van der Waals surface area contributed by atoms with E-state index < -0.39 is 27.5 Å². The number of hydrogen-bond acceptors (Lipinski definition) is 6. The SMILES string of the molecule is Cc1ccc(S(=O)(=O)NNC(=O)COc2ccc3ccccc3c2)cc1[N+](=O)[O-]. The van der Waals surface area contributed by atoms with Gasteiger partial charge < -0.3 is 4.74 Å². The summed E-state index contributed by atoms with van der Waals surface area (Å²) < 4.78 is 29.9. The van der Waals surface area contributed by atoms with E-state index in [-0.39, 0.29) is 10.6 Å². The fourth-order valence-corrected chi connectivity index (χ4v) is 3.46. The summed E-state index contributed by atoms with van der Waals surface area (Å²) in [6.45, 7) is 1.07. The predicted octanol–water partition coefficient (Wildman–Crippen LogP) is 2.44. The average Bonchev–Trinajstić information content (AvgIpc) is 2.70. The maximum Gasteiger partial charge on any atom is 0.273 e. The topological polar surface area (TPSA) is 128 Å². The van der Waals surface area contributed by atoms with Crippen molar-refractivity contribution in [2.24, 2.45) is 0 Å². The Hall–Kier alpha value is -3.50. The third-order valence-corrected chi connectivity index (χ3v) is 5.35. The van der Waals surface area contributed by atoms with Crippen molar-refractivity contribution in [3.8, 4) is 5.75 Å². The molecule has 0 bridgehead atoms. The van der Waals surface area contributed by atoms with Crippen LogP contribution in [0.2, 0.25) is 0 Å². The standard InChI is InChI=1S/C19H17N3O6S/c1-13-6-9-17(11-18(13)22(24)25)29(26,27)21-20-19(23)12-28-16-8-7-14-4-2-3-5-15(14)10-16/h2-11,21H,12H2,1H3,(H,20,23). The second-order valence-corrected chi connectivity index (χ2v) is 7.84. The minimum absolute atomic E-state index is 0.321. The number of fused-ring (bicyclic) bond motifs is 1. The van der Waals surface area contributed by atoms with Crippen LogP contribution in [0.3, 0.4) is 0 Å². The van der Waals surface area contributed by atoms with E-state index in [0.717, 1.165) is 16.8 Å². The molecule has 0 fully saturated rings. The Bertz CT molecular complexity index is 1190. The van der Waals surface area contributed by atoms with E-state index >= 15 is 0 Å². The van der Waals surface area contributed by atoms with Crippen LogP contribution >= 0.6 is 0 Å². The third-order valence-electron chi connectivity index (χ3n) is 4.10. The van der Waals surface area contributed by atoms with E-state index in [2.05, 4.69) is 0 Å². The van der Waals surface area contributed by atoms with Gasteiger partial charge in [0.05, 0.1) is 9.82 Å². The molecule has 150 valence electrons. The fraction of sp³-hybridized carbons (Fsp3) is 0.105. The number of nitrogens with zero attached hydrogens (tertiary/aromatic N) is 1. The quantitative estimate of drug-likeness (QED) is 0.451. The molecule has 0 atom stereocenters. The Labute approximate surface area is 166 Å². The molecule has 0 saturated carbocycles. The first-order valence-corrected chi connectivity index (χ1v) is 9.92. The van der Waals surface area contributed by atoms with Gasteiger partial charge in [0.1, 0.15) is 5.75 Å². The van der Waals surface area contributed by atoms with E-state index in [9.17, 15) is 23.3 Å². The average molecular weight is 415 g/mol. The molecule has 29 heavy (non-hydrogen) atoms. The van der Waals surface area contributed by atoms with Crippen molar-refractivity contribution in [2.75, 3.05) is 6.61 Å². The zero-order valence-electron chi connectivity index (χ0n) is 15.3. The normalized spacial score (nSPS) is 11.2. The van der Waals surface area contributed by atoms with Gasteiger partial charge in [-0.05, 0) is 35.9 Å². The number of nitrogens with one attached hydrogen (secondary N) is 2. The van der Waals surface area contributed by atoms with Crippen LogP contribution in [0.25, 0.3) is 10.8 Å². The molecule has 0 unspecified atom stereocenters. The van der Waals surface area contributed by atoms with Crippen molar-refractivity contribution < 1.29 is 22.9 Å². The maximum atomic E-state index is 12.3. The van der Waals surface area contributed by atoms with Crippen LogP contribution in [-0.4, -0.2) is 25.9 Å². The lowest BCUT2D eigenvalue weighted by Gasteiger charge is -2.10. The highest BCUT2D eigenvalue weighted by Gasteiger charge is 2.20. The number of hydrazine groups is 1. The highest BCUT2D eigenvalue weighted by Crippen LogP contribution is 2.22. The highest BCUT2D eigenvalue weighted by molar-refractivity contribution is 7.89. The van der Waals surface area contributed by atoms with Gasteiger partial charge in [-0.1, -0.05) is 36.4 Å². The summed E-state index contributed by atoms with van der Waals surface area (Å²) >= 11 is 0. The molecule has 9 nitrogen and oxygen atoms in total. The van der Waals surface area contributed by atoms with Crippen molar-refractivity contribution in [2.45, 2.75) is 11.8 Å². The van der Waals surface area contributed by atoms with Gasteiger partial charge >= 0.3 is 0 Å². The lowest BCUT2D eigenvalue weighted by atomic mass is 10.1. The Morgan fingerprint density at radius 3 is 2.52 bits per heavy atom. The predicted molar refractivity (Wildman–Crippen MR) is 106 cm³/mol. The Morgan fingerprint density at radius 1 is 1.07 bits per heavy atom. The molecule has 0 heterocycles. The van der Waals surface area contributed by atoms with Crippen molar-refractivity contribution >= 4 is 32.4 Å². The first-order chi connectivity index (χ1) is 13.8. The van der Waals surface area contributed by atoms with Crippen LogP contribution in [0.1, 0.15) is 5.56 Å². The second-order valence-electron chi connectivity index (χ2n) is 6.16. The number of benzene rings is 3. The Balaban J connectivity index is 1.60. The molecule has 3 aromatic rings. The monoisotopic (exact) mass is 415 g/mol. The molecule has 0 radical (unpaired) electrons. The number of carbonyl (C=O) groups excluding carboxylic acids is 1. The number of amides is 1. The second kappa shape index (κ2) is 8.25. The molecule has 3 rings (SSSR count). The van der Waals surface area contributed by atoms with Gasteiger partial charge in [0.25, 0.3) is 21.6 Å². The van der Waals surface area contributed by atoms with Gasteiger partial charge in [-0.2, -0.15) is 0 Å². The Morgan fingerprint density at radius 2 is 1.79 bits per heavy atom. The molecule has 0 aromatic heterocycles. The molecule has 0 spiro atoms. The zero-order chi connectivity index (χ0) is 21.0. The summed E-state index contributed by atoms with van der Waals surface area (Å²) in [5.74, 6) is -0.279. The molecule has 1 amide bonds. The summed E-state index contributed by atoms with van der Waals surface area (Å²) in [4.78, 5) is 23.8. The van der Waals surface area contributed by atoms with Gasteiger partial charge in [-0.15, -0.1) is 4.83 Å². The van der Waals surface area contributed by atoms with Gasteiger partial charge in [-0.25, -0.2) is 8.42 Å². The number of hydrogen-bond donors (Lipinski definition) is 2. The Kier molecular flexibility index (Phi) is 5.76. The molecular weight excluding hydrogens is 398 g/mol.